The third-order valence-electron chi connectivity index (χ3n) is 1.54. The normalized spacial score (nSPS) is 11.9. The summed E-state index contributed by atoms with van der Waals surface area (Å²) in [7, 11) is 0. The van der Waals surface area contributed by atoms with E-state index in [-0.39, 0.29) is 0 Å². The largest absolute Gasteiger partial charge is 0.429 e. The van der Waals surface area contributed by atoms with Crippen LogP contribution in [-0.4, -0.2) is 18.9 Å². The fourth-order valence-corrected chi connectivity index (χ4v) is 0.700. The molecule has 0 spiro atoms. The number of hydrogen-bond donors (Lipinski definition) is 0. The first-order chi connectivity index (χ1) is 6.61. The van der Waals surface area contributed by atoms with Crippen LogP contribution in [0.5, 0.6) is 0 Å². The van der Waals surface area contributed by atoms with Crippen molar-refractivity contribution in [3.63, 3.8) is 0 Å². The molecule has 80 valence electrons. The van der Waals surface area contributed by atoms with Crippen LogP contribution in [0.15, 0.2) is 24.8 Å². The molecular formula is C11H18O3. The molecule has 1 atom stereocenters. The first-order valence-corrected chi connectivity index (χ1v) is 4.72. The van der Waals surface area contributed by atoms with Gasteiger partial charge in [0.2, 0.25) is 6.29 Å². The maximum atomic E-state index is 11.1. The highest BCUT2D eigenvalue weighted by Gasteiger charge is 2.10. The van der Waals surface area contributed by atoms with Crippen molar-refractivity contribution in [1.82, 2.24) is 0 Å². The molecule has 0 aromatic rings. The number of unbranched alkanes of at least 4 members (excludes halogenated alkanes) is 1. The molecule has 0 aliphatic carbocycles. The van der Waals surface area contributed by atoms with Gasteiger partial charge in [-0.25, -0.2) is 4.79 Å². The van der Waals surface area contributed by atoms with Crippen LogP contribution in [0.2, 0.25) is 0 Å². The average molecular weight is 198 g/mol. The molecule has 0 amide bonds. The molecule has 0 aliphatic heterocycles. The van der Waals surface area contributed by atoms with Gasteiger partial charge in [-0.05, 0) is 19.4 Å². The molecule has 0 saturated heterocycles. The van der Waals surface area contributed by atoms with Gasteiger partial charge < -0.3 is 9.47 Å². The number of ether oxygens (including phenoxy) is 2. The van der Waals surface area contributed by atoms with E-state index in [1.807, 2.05) is 0 Å². The summed E-state index contributed by atoms with van der Waals surface area (Å²) >= 11 is 0. The average Bonchev–Trinajstić information content (AvgIpc) is 2.16. The number of esters is 1. The fraction of sp³-hybridized carbons (Fsp3) is 0.545. The number of rotatable bonds is 7. The Morgan fingerprint density at radius 1 is 1.57 bits per heavy atom. The Bertz CT molecular complexity index is 209. The highest BCUT2D eigenvalue weighted by atomic mass is 16.7. The maximum Gasteiger partial charge on any atom is 0.335 e. The summed E-state index contributed by atoms with van der Waals surface area (Å²) in [4.78, 5) is 11.1. The fourth-order valence-electron chi connectivity index (χ4n) is 0.700. The molecule has 0 aromatic heterocycles. The standard InChI is InChI=1S/C11H18O3/c1-5-7-8-13-10(6-2)14-11(12)9(3)4/h6,10H,2-3,5,7-8H2,1,4H3. The van der Waals surface area contributed by atoms with E-state index in [2.05, 4.69) is 20.1 Å². The van der Waals surface area contributed by atoms with Crippen molar-refractivity contribution < 1.29 is 14.3 Å². The van der Waals surface area contributed by atoms with Crippen LogP contribution in [0.4, 0.5) is 0 Å². The van der Waals surface area contributed by atoms with Gasteiger partial charge in [-0.1, -0.05) is 26.5 Å². The molecule has 0 heterocycles. The Kier molecular flexibility index (Phi) is 6.76. The van der Waals surface area contributed by atoms with E-state index in [1.165, 1.54) is 6.08 Å². The van der Waals surface area contributed by atoms with Crippen molar-refractivity contribution in [2.24, 2.45) is 0 Å². The summed E-state index contributed by atoms with van der Waals surface area (Å²) in [6, 6.07) is 0. The summed E-state index contributed by atoms with van der Waals surface area (Å²) in [5.74, 6) is -0.452. The smallest absolute Gasteiger partial charge is 0.335 e. The van der Waals surface area contributed by atoms with Crippen molar-refractivity contribution in [3.8, 4) is 0 Å². The predicted octanol–water partition coefficient (Wildman–Crippen LogP) is 2.43. The predicted molar refractivity (Wildman–Crippen MR) is 55.8 cm³/mol. The van der Waals surface area contributed by atoms with Crippen LogP contribution in [-0.2, 0) is 14.3 Å². The molecule has 0 rings (SSSR count). The minimum atomic E-state index is -0.661. The Hall–Kier alpha value is -1.09. The number of hydrogen-bond acceptors (Lipinski definition) is 3. The third kappa shape index (κ3) is 5.54. The van der Waals surface area contributed by atoms with E-state index >= 15 is 0 Å². The molecule has 0 fully saturated rings. The van der Waals surface area contributed by atoms with Crippen LogP contribution in [0.3, 0.4) is 0 Å². The lowest BCUT2D eigenvalue weighted by Gasteiger charge is -2.14. The number of carbonyl (C=O) groups excluding carboxylic acids is 1. The van der Waals surface area contributed by atoms with Crippen molar-refractivity contribution >= 4 is 5.97 Å². The molecule has 3 nitrogen and oxygen atoms in total. The van der Waals surface area contributed by atoms with Crippen molar-refractivity contribution in [3.05, 3.63) is 24.8 Å². The molecule has 0 aromatic carbocycles. The Morgan fingerprint density at radius 3 is 2.64 bits per heavy atom. The molecule has 0 bridgehead atoms. The van der Waals surface area contributed by atoms with Gasteiger partial charge in [0, 0.05) is 5.57 Å². The van der Waals surface area contributed by atoms with Gasteiger partial charge in [0.15, 0.2) is 0 Å². The molecular weight excluding hydrogens is 180 g/mol. The van der Waals surface area contributed by atoms with E-state index in [9.17, 15) is 4.79 Å². The van der Waals surface area contributed by atoms with Gasteiger partial charge in [0.25, 0.3) is 0 Å². The van der Waals surface area contributed by atoms with E-state index < -0.39 is 12.3 Å². The van der Waals surface area contributed by atoms with Crippen molar-refractivity contribution in [1.29, 1.82) is 0 Å². The first kappa shape index (κ1) is 12.9. The summed E-state index contributed by atoms with van der Waals surface area (Å²) in [5, 5.41) is 0. The zero-order valence-corrected chi connectivity index (χ0v) is 8.91. The summed E-state index contributed by atoms with van der Waals surface area (Å²) < 4.78 is 10.2. The van der Waals surface area contributed by atoms with Gasteiger partial charge >= 0.3 is 5.97 Å². The molecule has 0 saturated carbocycles. The third-order valence-corrected chi connectivity index (χ3v) is 1.54. The summed E-state index contributed by atoms with van der Waals surface area (Å²) in [6.07, 6.45) is 2.77. The second kappa shape index (κ2) is 7.33. The molecule has 0 aliphatic rings. The Balaban J connectivity index is 3.84. The molecule has 1 unspecified atom stereocenters. The van der Waals surface area contributed by atoms with Crippen molar-refractivity contribution in [2.75, 3.05) is 6.61 Å². The minimum Gasteiger partial charge on any atom is -0.429 e. The van der Waals surface area contributed by atoms with Gasteiger partial charge in [-0.2, -0.15) is 0 Å². The van der Waals surface area contributed by atoms with E-state index in [0.717, 1.165) is 12.8 Å². The highest BCUT2D eigenvalue weighted by Crippen LogP contribution is 2.02. The van der Waals surface area contributed by atoms with E-state index in [4.69, 9.17) is 9.47 Å². The van der Waals surface area contributed by atoms with E-state index in [1.54, 1.807) is 6.92 Å². The summed E-state index contributed by atoms with van der Waals surface area (Å²) in [5.41, 5.74) is 0.357. The van der Waals surface area contributed by atoms with Gasteiger partial charge in [0.1, 0.15) is 0 Å². The van der Waals surface area contributed by atoms with Crippen LogP contribution < -0.4 is 0 Å². The minimum absolute atomic E-state index is 0.357. The highest BCUT2D eigenvalue weighted by molar-refractivity contribution is 5.87. The van der Waals surface area contributed by atoms with Crippen molar-refractivity contribution in [2.45, 2.75) is 33.0 Å². The molecule has 0 radical (unpaired) electrons. The van der Waals surface area contributed by atoms with Crippen LogP contribution in [0.25, 0.3) is 0 Å². The Labute approximate surface area is 85.4 Å². The SMILES string of the molecule is C=CC(OCCCC)OC(=O)C(=C)C. The Morgan fingerprint density at radius 2 is 2.21 bits per heavy atom. The quantitative estimate of drug-likeness (QED) is 0.207. The maximum absolute atomic E-state index is 11.1. The second-order valence-electron chi connectivity index (χ2n) is 3.01. The topological polar surface area (TPSA) is 35.5 Å². The second-order valence-corrected chi connectivity index (χ2v) is 3.01. The molecule has 3 heteroatoms. The zero-order valence-electron chi connectivity index (χ0n) is 8.91. The van der Waals surface area contributed by atoms with Crippen LogP contribution in [0, 0.1) is 0 Å². The number of carbonyl (C=O) groups is 1. The monoisotopic (exact) mass is 198 g/mol. The summed E-state index contributed by atoms with van der Waals surface area (Å²) in [6.45, 7) is 11.2. The van der Waals surface area contributed by atoms with Crippen LogP contribution >= 0.6 is 0 Å². The van der Waals surface area contributed by atoms with Crippen LogP contribution in [0.1, 0.15) is 26.7 Å². The van der Waals surface area contributed by atoms with Gasteiger partial charge in [0.05, 0.1) is 6.61 Å². The lowest BCUT2D eigenvalue weighted by Crippen LogP contribution is -2.20. The van der Waals surface area contributed by atoms with E-state index in [0.29, 0.717) is 12.2 Å². The van der Waals surface area contributed by atoms with Gasteiger partial charge in [-0.3, -0.25) is 0 Å². The first-order valence-electron chi connectivity index (χ1n) is 4.72. The molecule has 0 N–H and O–H groups in total. The van der Waals surface area contributed by atoms with Gasteiger partial charge in [-0.15, -0.1) is 0 Å². The lowest BCUT2D eigenvalue weighted by molar-refractivity contribution is -0.164. The molecule has 14 heavy (non-hydrogen) atoms. The zero-order chi connectivity index (χ0) is 11.0. The lowest BCUT2D eigenvalue weighted by atomic mass is 10.3.